The van der Waals surface area contributed by atoms with Crippen LogP contribution in [0.2, 0.25) is 0 Å². The highest BCUT2D eigenvalue weighted by atomic mass is 32.2. The molecule has 168 valence electrons. The molecule has 1 N–H and O–H groups in total. The van der Waals surface area contributed by atoms with Crippen LogP contribution in [0.25, 0.3) is 22.6 Å². The largest absolute Gasteiger partial charge is 0.301 e. The molecule has 1 atom stereocenters. The Morgan fingerprint density at radius 3 is 2.73 bits per heavy atom. The van der Waals surface area contributed by atoms with E-state index in [1.165, 1.54) is 29.2 Å². The van der Waals surface area contributed by atoms with Crippen LogP contribution < -0.4 is 5.32 Å². The Morgan fingerprint density at radius 2 is 2.00 bits per heavy atom. The Kier molecular flexibility index (Phi) is 6.90. The summed E-state index contributed by atoms with van der Waals surface area (Å²) in [6, 6.07) is 7.22. The smallest absolute Gasteiger partial charge is 0.239 e. The number of hydrogen-bond donors (Lipinski definition) is 1. The fraction of sp³-hybridized carbons (Fsp3) is 0.136. The number of anilines is 1. The number of carbonyl (C=O) groups is 1. The molecule has 0 aliphatic carbocycles. The quantitative estimate of drug-likeness (QED) is 0.278. The van der Waals surface area contributed by atoms with E-state index < -0.39 is 16.9 Å². The number of thioether (sulfide) groups is 1. The van der Waals surface area contributed by atoms with E-state index in [0.717, 1.165) is 17.7 Å². The van der Waals surface area contributed by atoms with Crippen LogP contribution in [0, 0.1) is 11.6 Å². The standard InChI is InChI=1S/C22H18F2N6OS2/c1-3-10-30-19(14-6-8-25-9-7-14)28-29-22(30)33-13(2)20(31)27-21-26-18(12-32-21)15-4-5-16(23)17(24)11-15/h3-9,11-13H,1,10H2,2H3,(H,26,27,31). The molecule has 7 nitrogen and oxygen atoms in total. The SMILES string of the molecule is C=CCn1c(SC(C)C(=O)Nc2nc(-c3ccc(F)c(F)c3)cs2)nnc1-c1ccncc1. The highest BCUT2D eigenvalue weighted by Crippen LogP contribution is 2.29. The van der Waals surface area contributed by atoms with E-state index in [1.54, 1.807) is 30.8 Å². The van der Waals surface area contributed by atoms with E-state index in [4.69, 9.17) is 0 Å². The van der Waals surface area contributed by atoms with Crippen molar-refractivity contribution in [2.45, 2.75) is 23.9 Å². The number of benzene rings is 1. The predicted octanol–water partition coefficient (Wildman–Crippen LogP) is 5.05. The van der Waals surface area contributed by atoms with Crippen molar-refractivity contribution in [3.8, 4) is 22.6 Å². The van der Waals surface area contributed by atoms with Crippen LogP contribution in [0.1, 0.15) is 6.92 Å². The molecule has 0 fully saturated rings. The maximum absolute atomic E-state index is 13.5. The van der Waals surface area contributed by atoms with Gasteiger partial charge in [-0.1, -0.05) is 17.8 Å². The molecular formula is C22H18F2N6OS2. The summed E-state index contributed by atoms with van der Waals surface area (Å²) in [4.78, 5) is 21.1. The lowest BCUT2D eigenvalue weighted by molar-refractivity contribution is -0.115. The van der Waals surface area contributed by atoms with Gasteiger partial charge >= 0.3 is 0 Å². The molecule has 1 aromatic carbocycles. The minimum Gasteiger partial charge on any atom is -0.301 e. The summed E-state index contributed by atoms with van der Waals surface area (Å²) in [5.74, 6) is -1.50. The van der Waals surface area contributed by atoms with Gasteiger partial charge in [-0.15, -0.1) is 28.1 Å². The van der Waals surface area contributed by atoms with Gasteiger partial charge in [-0.05, 0) is 37.3 Å². The second-order valence-electron chi connectivity index (χ2n) is 6.86. The number of allylic oxidation sites excluding steroid dienone is 1. The molecule has 0 spiro atoms. The van der Waals surface area contributed by atoms with E-state index in [-0.39, 0.29) is 5.91 Å². The summed E-state index contributed by atoms with van der Waals surface area (Å²) in [5.41, 5.74) is 1.73. The van der Waals surface area contributed by atoms with Gasteiger partial charge in [0.1, 0.15) is 0 Å². The molecule has 1 unspecified atom stereocenters. The summed E-state index contributed by atoms with van der Waals surface area (Å²) >= 11 is 2.46. The molecule has 0 saturated heterocycles. The van der Waals surface area contributed by atoms with Gasteiger partial charge in [0.25, 0.3) is 0 Å². The second-order valence-corrected chi connectivity index (χ2v) is 9.02. The van der Waals surface area contributed by atoms with Crippen LogP contribution in [0.3, 0.4) is 0 Å². The first-order valence-corrected chi connectivity index (χ1v) is 11.5. The van der Waals surface area contributed by atoms with E-state index in [0.29, 0.717) is 33.9 Å². The molecule has 0 radical (unpaired) electrons. The molecule has 0 aliphatic heterocycles. The van der Waals surface area contributed by atoms with Gasteiger partial charge in [0.2, 0.25) is 5.91 Å². The highest BCUT2D eigenvalue weighted by Gasteiger charge is 2.21. The van der Waals surface area contributed by atoms with Crippen molar-refractivity contribution in [2.24, 2.45) is 0 Å². The highest BCUT2D eigenvalue weighted by molar-refractivity contribution is 8.00. The van der Waals surface area contributed by atoms with E-state index in [1.807, 2.05) is 16.7 Å². The van der Waals surface area contributed by atoms with Gasteiger partial charge in [-0.25, -0.2) is 13.8 Å². The van der Waals surface area contributed by atoms with Crippen LogP contribution in [-0.2, 0) is 11.3 Å². The lowest BCUT2D eigenvalue weighted by Crippen LogP contribution is -2.22. The topological polar surface area (TPSA) is 85.6 Å². The van der Waals surface area contributed by atoms with E-state index in [9.17, 15) is 13.6 Å². The first kappa shape index (κ1) is 22.7. The monoisotopic (exact) mass is 484 g/mol. The molecule has 0 saturated carbocycles. The second kappa shape index (κ2) is 10.0. The van der Waals surface area contributed by atoms with Crippen molar-refractivity contribution >= 4 is 34.1 Å². The lowest BCUT2D eigenvalue weighted by Gasteiger charge is -2.12. The van der Waals surface area contributed by atoms with E-state index >= 15 is 0 Å². The van der Waals surface area contributed by atoms with Crippen LogP contribution in [-0.4, -0.2) is 35.9 Å². The van der Waals surface area contributed by atoms with Crippen molar-refractivity contribution in [3.05, 3.63) is 72.4 Å². The molecule has 3 aromatic heterocycles. The van der Waals surface area contributed by atoms with Crippen LogP contribution >= 0.6 is 23.1 Å². The normalized spacial score (nSPS) is 11.8. The lowest BCUT2D eigenvalue weighted by atomic mass is 10.2. The van der Waals surface area contributed by atoms with Crippen LogP contribution in [0.15, 0.2) is 65.9 Å². The van der Waals surface area contributed by atoms with Crippen LogP contribution in [0.4, 0.5) is 13.9 Å². The molecular weight excluding hydrogens is 466 g/mol. The summed E-state index contributed by atoms with van der Waals surface area (Å²) in [5, 5.41) is 13.4. The van der Waals surface area contributed by atoms with Crippen molar-refractivity contribution in [1.29, 1.82) is 0 Å². The van der Waals surface area contributed by atoms with Crippen molar-refractivity contribution in [2.75, 3.05) is 5.32 Å². The third-order valence-corrected chi connectivity index (χ3v) is 6.41. The number of nitrogens with one attached hydrogen (secondary N) is 1. The van der Waals surface area contributed by atoms with Gasteiger partial charge in [-0.3, -0.25) is 14.3 Å². The summed E-state index contributed by atoms with van der Waals surface area (Å²) in [6.45, 7) is 6.02. The number of pyridine rings is 1. The van der Waals surface area contributed by atoms with Crippen molar-refractivity contribution in [3.63, 3.8) is 0 Å². The Hall–Kier alpha value is -3.44. The predicted molar refractivity (Wildman–Crippen MR) is 125 cm³/mol. The molecule has 33 heavy (non-hydrogen) atoms. The zero-order valence-electron chi connectivity index (χ0n) is 17.4. The first-order valence-electron chi connectivity index (χ1n) is 9.79. The van der Waals surface area contributed by atoms with Crippen LogP contribution in [0.5, 0.6) is 0 Å². The number of carbonyl (C=O) groups excluding carboxylic acids is 1. The Labute approximate surface area is 196 Å². The Balaban J connectivity index is 1.46. The van der Waals surface area contributed by atoms with Gasteiger partial charge in [0.05, 0.1) is 10.9 Å². The zero-order chi connectivity index (χ0) is 23.4. The number of nitrogens with zero attached hydrogens (tertiary/aromatic N) is 5. The molecule has 4 aromatic rings. The molecule has 11 heteroatoms. The van der Waals surface area contributed by atoms with Crippen molar-refractivity contribution in [1.82, 2.24) is 24.7 Å². The molecule has 3 heterocycles. The third kappa shape index (κ3) is 5.15. The van der Waals surface area contributed by atoms with Gasteiger partial charge in [-0.2, -0.15) is 0 Å². The number of hydrogen-bond acceptors (Lipinski definition) is 7. The molecule has 1 amide bonds. The fourth-order valence-electron chi connectivity index (χ4n) is 2.92. The molecule has 0 aliphatic rings. The van der Waals surface area contributed by atoms with Gasteiger partial charge in [0.15, 0.2) is 27.7 Å². The fourth-order valence-corrected chi connectivity index (χ4v) is 4.50. The summed E-state index contributed by atoms with van der Waals surface area (Å²) in [7, 11) is 0. The number of aromatic nitrogens is 5. The number of amides is 1. The maximum Gasteiger partial charge on any atom is 0.239 e. The number of thiazole rings is 1. The third-order valence-electron chi connectivity index (χ3n) is 4.57. The molecule has 0 bridgehead atoms. The first-order chi connectivity index (χ1) is 16.0. The van der Waals surface area contributed by atoms with Gasteiger partial charge in [0, 0.05) is 35.4 Å². The summed E-state index contributed by atoms with van der Waals surface area (Å²) < 4.78 is 28.5. The Morgan fingerprint density at radius 1 is 1.21 bits per heavy atom. The van der Waals surface area contributed by atoms with E-state index in [2.05, 4.69) is 32.1 Å². The number of rotatable bonds is 8. The average Bonchev–Trinajstić information content (AvgIpc) is 3.44. The molecule has 4 rings (SSSR count). The number of halogens is 2. The minimum atomic E-state index is -0.953. The zero-order valence-corrected chi connectivity index (χ0v) is 19.0. The van der Waals surface area contributed by atoms with Gasteiger partial charge < -0.3 is 5.32 Å². The maximum atomic E-state index is 13.5. The van der Waals surface area contributed by atoms with Crippen molar-refractivity contribution < 1.29 is 13.6 Å². The average molecular weight is 485 g/mol. The summed E-state index contributed by atoms with van der Waals surface area (Å²) in [6.07, 6.45) is 5.08. The minimum absolute atomic E-state index is 0.273. The Bertz CT molecular complexity index is 1290.